The van der Waals surface area contributed by atoms with E-state index in [0.717, 1.165) is 83.6 Å². The Balaban J connectivity index is 1.22. The van der Waals surface area contributed by atoms with Gasteiger partial charge in [0.25, 0.3) is 0 Å². The van der Waals surface area contributed by atoms with Crippen molar-refractivity contribution in [2.24, 2.45) is 0 Å². The van der Waals surface area contributed by atoms with Gasteiger partial charge < -0.3 is 0 Å². The minimum atomic E-state index is 0.929. The summed E-state index contributed by atoms with van der Waals surface area (Å²) in [4.78, 5) is 15.3. The number of benzene rings is 5. The van der Waals surface area contributed by atoms with Crippen molar-refractivity contribution in [2.75, 3.05) is 0 Å². The average molecular weight is 605 g/mol. The van der Waals surface area contributed by atoms with Gasteiger partial charge in [-0.1, -0.05) is 115 Å². The predicted molar refractivity (Wildman–Crippen MR) is 197 cm³/mol. The molecule has 0 unspecified atom stereocenters. The molecule has 0 saturated heterocycles. The SMILES string of the molecule is C/C=C\C=C/c1nc2c(cc1C)c(-c1ccc(-c3cccc(-n4c(-c5ccccc5)nc5ccccc54)c3)cc1)nc1ccccc12. The Kier molecular flexibility index (Phi) is 7.23. The number of para-hydroxylation sites is 3. The van der Waals surface area contributed by atoms with Crippen LogP contribution in [0.15, 0.2) is 152 Å². The first-order chi connectivity index (χ1) is 23.2. The number of hydrogen-bond acceptors (Lipinski definition) is 3. The highest BCUT2D eigenvalue weighted by Crippen LogP contribution is 2.35. The molecule has 0 bridgehead atoms. The molecule has 224 valence electrons. The van der Waals surface area contributed by atoms with Crippen LogP contribution in [-0.2, 0) is 0 Å². The molecular weight excluding hydrogens is 573 g/mol. The van der Waals surface area contributed by atoms with Crippen molar-refractivity contribution in [3.63, 3.8) is 0 Å². The first-order valence-electron chi connectivity index (χ1n) is 15.9. The quantitative estimate of drug-likeness (QED) is 0.140. The van der Waals surface area contributed by atoms with Crippen LogP contribution in [0.4, 0.5) is 0 Å². The Bertz CT molecular complexity index is 2470. The molecule has 0 aliphatic rings. The van der Waals surface area contributed by atoms with Crippen LogP contribution in [0, 0.1) is 6.92 Å². The third-order valence-electron chi connectivity index (χ3n) is 8.65. The topological polar surface area (TPSA) is 43.6 Å². The van der Waals surface area contributed by atoms with Gasteiger partial charge in [-0.2, -0.15) is 0 Å². The van der Waals surface area contributed by atoms with E-state index in [4.69, 9.17) is 15.0 Å². The summed E-state index contributed by atoms with van der Waals surface area (Å²) in [5.74, 6) is 0.929. The van der Waals surface area contributed by atoms with Crippen molar-refractivity contribution in [1.29, 1.82) is 0 Å². The van der Waals surface area contributed by atoms with Crippen molar-refractivity contribution in [1.82, 2.24) is 19.5 Å². The molecule has 0 radical (unpaired) electrons. The van der Waals surface area contributed by atoms with Gasteiger partial charge in [0, 0.05) is 27.6 Å². The smallest absolute Gasteiger partial charge is 0.145 e. The number of hydrogen-bond donors (Lipinski definition) is 0. The lowest BCUT2D eigenvalue weighted by molar-refractivity contribution is 1.10. The van der Waals surface area contributed by atoms with Gasteiger partial charge in [-0.3, -0.25) is 4.57 Å². The molecule has 0 spiro atoms. The number of allylic oxidation sites excluding steroid dienone is 3. The van der Waals surface area contributed by atoms with E-state index in [0.29, 0.717) is 0 Å². The summed E-state index contributed by atoms with van der Waals surface area (Å²) >= 11 is 0. The fourth-order valence-corrected chi connectivity index (χ4v) is 6.33. The van der Waals surface area contributed by atoms with Crippen LogP contribution in [0.25, 0.3) is 78.4 Å². The van der Waals surface area contributed by atoms with Crippen LogP contribution in [0.1, 0.15) is 18.2 Å². The molecule has 8 rings (SSSR count). The van der Waals surface area contributed by atoms with Crippen LogP contribution < -0.4 is 0 Å². The summed E-state index contributed by atoms with van der Waals surface area (Å²) in [7, 11) is 0. The van der Waals surface area contributed by atoms with Gasteiger partial charge in [-0.05, 0) is 73.0 Å². The maximum absolute atomic E-state index is 5.16. The third-order valence-corrected chi connectivity index (χ3v) is 8.65. The van der Waals surface area contributed by atoms with E-state index < -0.39 is 0 Å². The zero-order valence-electron chi connectivity index (χ0n) is 26.3. The summed E-state index contributed by atoms with van der Waals surface area (Å²) in [6.07, 6.45) is 8.16. The molecule has 0 fully saturated rings. The first-order valence-corrected chi connectivity index (χ1v) is 15.9. The largest absolute Gasteiger partial charge is 0.292 e. The second-order valence-electron chi connectivity index (χ2n) is 11.7. The van der Waals surface area contributed by atoms with Crippen molar-refractivity contribution < 1.29 is 0 Å². The third kappa shape index (κ3) is 5.20. The Labute approximate surface area is 274 Å². The van der Waals surface area contributed by atoms with Crippen LogP contribution in [-0.4, -0.2) is 19.5 Å². The van der Waals surface area contributed by atoms with Gasteiger partial charge in [0.15, 0.2) is 0 Å². The lowest BCUT2D eigenvalue weighted by Crippen LogP contribution is -1.98. The number of aryl methyl sites for hydroxylation is 1. The monoisotopic (exact) mass is 604 g/mol. The van der Waals surface area contributed by atoms with E-state index in [1.165, 1.54) is 0 Å². The van der Waals surface area contributed by atoms with Crippen LogP contribution in [0.2, 0.25) is 0 Å². The summed E-state index contributed by atoms with van der Waals surface area (Å²) in [6, 6.07) is 46.6. The number of fused-ring (bicyclic) bond motifs is 4. The number of rotatable bonds is 6. The minimum absolute atomic E-state index is 0.929. The lowest BCUT2D eigenvalue weighted by Gasteiger charge is -2.13. The molecule has 0 amide bonds. The summed E-state index contributed by atoms with van der Waals surface area (Å²) in [6.45, 7) is 4.13. The average Bonchev–Trinajstić information content (AvgIpc) is 3.52. The highest BCUT2D eigenvalue weighted by atomic mass is 15.1. The van der Waals surface area contributed by atoms with Gasteiger partial charge in [-0.15, -0.1) is 0 Å². The van der Waals surface area contributed by atoms with Crippen molar-refractivity contribution in [2.45, 2.75) is 13.8 Å². The Hall–Kier alpha value is -6.13. The molecule has 0 saturated carbocycles. The molecule has 0 aliphatic carbocycles. The number of imidazole rings is 1. The molecule has 4 nitrogen and oxygen atoms in total. The zero-order valence-corrected chi connectivity index (χ0v) is 26.3. The van der Waals surface area contributed by atoms with Crippen molar-refractivity contribution in [3.05, 3.63) is 163 Å². The Morgan fingerprint density at radius 3 is 2.11 bits per heavy atom. The first kappa shape index (κ1) is 28.4. The predicted octanol–water partition coefficient (Wildman–Crippen LogP) is 11.0. The van der Waals surface area contributed by atoms with Gasteiger partial charge in [0.1, 0.15) is 5.82 Å². The molecule has 4 heteroatoms. The van der Waals surface area contributed by atoms with Crippen molar-refractivity contribution in [3.8, 4) is 39.5 Å². The normalized spacial score (nSPS) is 11.9. The second kappa shape index (κ2) is 12.0. The minimum Gasteiger partial charge on any atom is -0.292 e. The number of pyridine rings is 2. The van der Waals surface area contributed by atoms with Crippen molar-refractivity contribution >= 4 is 38.9 Å². The molecule has 0 aliphatic heterocycles. The van der Waals surface area contributed by atoms with Crippen LogP contribution in [0.5, 0.6) is 0 Å². The highest BCUT2D eigenvalue weighted by molar-refractivity contribution is 6.09. The fourth-order valence-electron chi connectivity index (χ4n) is 6.33. The summed E-state index contributed by atoms with van der Waals surface area (Å²) in [5, 5.41) is 2.11. The summed E-state index contributed by atoms with van der Waals surface area (Å²) in [5.41, 5.74) is 12.5. The van der Waals surface area contributed by atoms with E-state index in [1.807, 2.05) is 43.4 Å². The van der Waals surface area contributed by atoms with Gasteiger partial charge >= 0.3 is 0 Å². The lowest BCUT2D eigenvalue weighted by atomic mass is 9.98. The Morgan fingerprint density at radius 1 is 0.553 bits per heavy atom. The Morgan fingerprint density at radius 2 is 1.28 bits per heavy atom. The zero-order chi connectivity index (χ0) is 31.7. The highest BCUT2D eigenvalue weighted by Gasteiger charge is 2.16. The molecule has 5 aromatic carbocycles. The van der Waals surface area contributed by atoms with E-state index in [1.54, 1.807) is 0 Å². The van der Waals surface area contributed by atoms with Crippen LogP contribution >= 0.6 is 0 Å². The second-order valence-corrected chi connectivity index (χ2v) is 11.7. The molecule has 8 aromatic rings. The van der Waals surface area contributed by atoms with Crippen LogP contribution in [0.3, 0.4) is 0 Å². The van der Waals surface area contributed by atoms with E-state index in [2.05, 4.69) is 133 Å². The summed E-state index contributed by atoms with van der Waals surface area (Å²) < 4.78 is 2.25. The standard InChI is InChI=1S/C43H32N4/c1-3-4-6-19-37-29(2)27-36-41(45-38-20-10-9-18-35(38)42(36)44-37)31-25-23-30(24-26-31)33-16-13-17-34(28-33)47-40-22-12-11-21-39(40)46-43(47)32-14-7-5-8-15-32/h3-28H,1-2H3/b4-3-,19-6-. The van der Waals surface area contributed by atoms with Gasteiger partial charge in [0.2, 0.25) is 0 Å². The molecule has 0 N–H and O–H groups in total. The van der Waals surface area contributed by atoms with E-state index in [9.17, 15) is 0 Å². The van der Waals surface area contributed by atoms with E-state index in [-0.39, 0.29) is 0 Å². The molecule has 3 heterocycles. The maximum Gasteiger partial charge on any atom is 0.145 e. The van der Waals surface area contributed by atoms with E-state index >= 15 is 0 Å². The fraction of sp³-hybridized carbons (Fsp3) is 0.0465. The number of aromatic nitrogens is 4. The molecule has 0 atom stereocenters. The number of nitrogens with zero attached hydrogens (tertiary/aromatic N) is 4. The molecule has 3 aromatic heterocycles. The molecular formula is C43H32N4. The maximum atomic E-state index is 5.16. The molecule has 47 heavy (non-hydrogen) atoms. The van der Waals surface area contributed by atoms with Gasteiger partial charge in [0.05, 0.1) is 33.5 Å². The van der Waals surface area contributed by atoms with Gasteiger partial charge in [-0.25, -0.2) is 15.0 Å².